The van der Waals surface area contributed by atoms with Gasteiger partial charge in [-0.1, -0.05) is 18.2 Å². The summed E-state index contributed by atoms with van der Waals surface area (Å²) in [5.74, 6) is -1.78. The minimum atomic E-state index is -1.46. The highest BCUT2D eigenvalue weighted by Gasteiger charge is 2.30. The molecule has 96 valence electrons. The van der Waals surface area contributed by atoms with Crippen LogP contribution < -0.4 is 5.32 Å². The van der Waals surface area contributed by atoms with Crippen LogP contribution in [0.3, 0.4) is 0 Å². The van der Waals surface area contributed by atoms with Gasteiger partial charge in [0.2, 0.25) is 5.91 Å². The quantitative estimate of drug-likeness (QED) is 0.863. The molecule has 0 aliphatic carbocycles. The van der Waals surface area contributed by atoms with Gasteiger partial charge in [0.25, 0.3) is 0 Å². The highest BCUT2D eigenvalue weighted by molar-refractivity contribution is 8.01. The van der Waals surface area contributed by atoms with Crippen LogP contribution in [0.4, 0.5) is 4.39 Å². The summed E-state index contributed by atoms with van der Waals surface area (Å²) in [6, 6.07) is 6.16. The molecule has 4 nitrogen and oxygen atoms in total. The molecule has 2 atom stereocenters. The zero-order chi connectivity index (χ0) is 13.1. The van der Waals surface area contributed by atoms with Crippen molar-refractivity contribution in [1.82, 2.24) is 5.32 Å². The molecule has 0 bridgehead atoms. The molecule has 1 aromatic carbocycles. The number of rotatable bonds is 4. The Kier molecular flexibility index (Phi) is 3.86. The van der Waals surface area contributed by atoms with Crippen LogP contribution in [-0.2, 0) is 16.0 Å². The van der Waals surface area contributed by atoms with E-state index in [0.29, 0.717) is 6.42 Å². The topological polar surface area (TPSA) is 66.4 Å². The second-order valence-electron chi connectivity index (χ2n) is 3.97. The number of carboxylic acid groups (broad SMARTS) is 1. The number of nitrogens with one attached hydrogen (secondary N) is 1. The van der Waals surface area contributed by atoms with Crippen molar-refractivity contribution in [3.05, 3.63) is 29.8 Å². The van der Waals surface area contributed by atoms with Gasteiger partial charge in [0.1, 0.15) is 6.67 Å². The number of thioether (sulfide) groups is 1. The van der Waals surface area contributed by atoms with Crippen molar-refractivity contribution in [2.45, 2.75) is 22.6 Å². The number of alkyl halides is 1. The summed E-state index contributed by atoms with van der Waals surface area (Å²) < 4.78 is 12.4. The zero-order valence-electron chi connectivity index (χ0n) is 9.43. The van der Waals surface area contributed by atoms with Crippen molar-refractivity contribution < 1.29 is 19.1 Å². The van der Waals surface area contributed by atoms with E-state index in [1.54, 1.807) is 0 Å². The third-order valence-electron chi connectivity index (χ3n) is 2.71. The third-order valence-corrected chi connectivity index (χ3v) is 4.03. The fraction of sp³-hybridized carbons (Fsp3) is 0.333. The van der Waals surface area contributed by atoms with Crippen LogP contribution in [0.2, 0.25) is 0 Å². The van der Waals surface area contributed by atoms with E-state index in [1.807, 2.05) is 24.3 Å². The van der Waals surface area contributed by atoms with Crippen LogP contribution in [0.25, 0.3) is 0 Å². The fourth-order valence-corrected chi connectivity index (χ4v) is 2.96. The van der Waals surface area contributed by atoms with E-state index in [2.05, 4.69) is 5.32 Å². The van der Waals surface area contributed by atoms with Gasteiger partial charge in [0, 0.05) is 4.90 Å². The van der Waals surface area contributed by atoms with Gasteiger partial charge in [-0.2, -0.15) is 0 Å². The molecule has 0 fully saturated rings. The molecule has 0 spiro atoms. The molecule has 0 saturated heterocycles. The van der Waals surface area contributed by atoms with Crippen LogP contribution in [0.5, 0.6) is 0 Å². The Bertz CT molecular complexity index is 455. The maximum Gasteiger partial charge on any atom is 0.328 e. The standard InChI is InChI=1S/C12H12FNO3S/c13-6-8(12(16)17)14-11(15)10-5-7-3-1-2-4-9(7)18-10/h1-4,8,10H,5-6H2,(H,14,15)(H,16,17). The van der Waals surface area contributed by atoms with E-state index in [4.69, 9.17) is 5.11 Å². The van der Waals surface area contributed by atoms with Gasteiger partial charge in [-0.3, -0.25) is 4.79 Å². The lowest BCUT2D eigenvalue weighted by atomic mass is 10.1. The maximum atomic E-state index is 12.4. The Balaban J connectivity index is 1.99. The van der Waals surface area contributed by atoms with Gasteiger partial charge in [-0.15, -0.1) is 11.8 Å². The normalized spacial score (nSPS) is 19.1. The molecule has 1 aliphatic rings. The van der Waals surface area contributed by atoms with Crippen molar-refractivity contribution in [3.63, 3.8) is 0 Å². The van der Waals surface area contributed by atoms with E-state index < -0.39 is 24.6 Å². The smallest absolute Gasteiger partial charge is 0.328 e. The highest BCUT2D eigenvalue weighted by Crippen LogP contribution is 2.36. The number of aliphatic carboxylic acids is 1. The average molecular weight is 269 g/mol. The molecule has 18 heavy (non-hydrogen) atoms. The summed E-state index contributed by atoms with van der Waals surface area (Å²) in [4.78, 5) is 23.5. The summed E-state index contributed by atoms with van der Waals surface area (Å²) in [6.07, 6.45) is 0.547. The van der Waals surface area contributed by atoms with Crippen LogP contribution in [0.15, 0.2) is 29.2 Å². The van der Waals surface area contributed by atoms with Gasteiger partial charge >= 0.3 is 5.97 Å². The first-order valence-corrected chi connectivity index (χ1v) is 6.33. The Morgan fingerprint density at radius 2 is 2.22 bits per heavy atom. The molecular weight excluding hydrogens is 257 g/mol. The maximum absolute atomic E-state index is 12.4. The Morgan fingerprint density at radius 3 is 2.83 bits per heavy atom. The Morgan fingerprint density at radius 1 is 1.50 bits per heavy atom. The van der Waals surface area contributed by atoms with Crippen molar-refractivity contribution >= 4 is 23.6 Å². The van der Waals surface area contributed by atoms with E-state index in [9.17, 15) is 14.0 Å². The molecule has 2 unspecified atom stereocenters. The van der Waals surface area contributed by atoms with Crippen LogP contribution in [0.1, 0.15) is 5.56 Å². The lowest BCUT2D eigenvalue weighted by Gasteiger charge is -2.13. The lowest BCUT2D eigenvalue weighted by Crippen LogP contribution is -2.45. The van der Waals surface area contributed by atoms with Gasteiger partial charge in [0.15, 0.2) is 6.04 Å². The molecule has 6 heteroatoms. The third kappa shape index (κ3) is 2.64. The average Bonchev–Trinajstić information content (AvgIpc) is 2.79. The summed E-state index contributed by atoms with van der Waals surface area (Å²) in [5.41, 5.74) is 1.06. The van der Waals surface area contributed by atoms with Crippen LogP contribution >= 0.6 is 11.8 Å². The van der Waals surface area contributed by atoms with Crippen molar-refractivity contribution in [2.24, 2.45) is 0 Å². The van der Waals surface area contributed by atoms with Gasteiger partial charge in [0.05, 0.1) is 5.25 Å². The summed E-state index contributed by atoms with van der Waals surface area (Å²) in [5, 5.41) is 10.5. The van der Waals surface area contributed by atoms with Gasteiger partial charge < -0.3 is 10.4 Å². The predicted octanol–water partition coefficient (Wildman–Crippen LogP) is 1.24. The molecule has 0 saturated carbocycles. The number of amides is 1. The molecular formula is C12H12FNO3S. The highest BCUT2D eigenvalue weighted by atomic mass is 32.2. The largest absolute Gasteiger partial charge is 0.480 e. The van der Waals surface area contributed by atoms with Crippen LogP contribution in [-0.4, -0.2) is 34.9 Å². The van der Waals surface area contributed by atoms with Crippen molar-refractivity contribution in [1.29, 1.82) is 0 Å². The monoisotopic (exact) mass is 269 g/mol. The SMILES string of the molecule is O=C(O)C(CF)NC(=O)C1Cc2ccccc2S1. The van der Waals surface area contributed by atoms with Crippen LogP contribution in [0, 0.1) is 0 Å². The number of carbonyl (C=O) groups is 2. The summed E-state index contributed by atoms with van der Waals surface area (Å²) in [7, 11) is 0. The van der Waals surface area contributed by atoms with Crippen molar-refractivity contribution in [3.8, 4) is 0 Å². The lowest BCUT2D eigenvalue weighted by molar-refractivity contribution is -0.142. The minimum Gasteiger partial charge on any atom is -0.480 e. The molecule has 1 aliphatic heterocycles. The van der Waals surface area contributed by atoms with Crippen molar-refractivity contribution in [2.75, 3.05) is 6.67 Å². The Hall–Kier alpha value is -1.56. The molecule has 2 rings (SSSR count). The first-order valence-electron chi connectivity index (χ1n) is 5.45. The molecule has 1 amide bonds. The van der Waals surface area contributed by atoms with Gasteiger partial charge in [-0.25, -0.2) is 9.18 Å². The summed E-state index contributed by atoms with van der Waals surface area (Å²) in [6.45, 7) is -1.11. The Labute approximate surface area is 108 Å². The van der Waals surface area contributed by atoms with E-state index in [-0.39, 0.29) is 5.25 Å². The number of benzene rings is 1. The number of carbonyl (C=O) groups excluding carboxylic acids is 1. The van der Waals surface area contributed by atoms with E-state index in [1.165, 1.54) is 11.8 Å². The molecule has 0 radical (unpaired) electrons. The number of halogens is 1. The zero-order valence-corrected chi connectivity index (χ0v) is 10.2. The molecule has 1 heterocycles. The summed E-state index contributed by atoms with van der Waals surface area (Å²) >= 11 is 1.38. The first kappa shape index (κ1) is 12.9. The second-order valence-corrected chi connectivity index (χ2v) is 5.22. The second kappa shape index (κ2) is 5.39. The number of hydrogen-bond donors (Lipinski definition) is 2. The number of hydrogen-bond acceptors (Lipinski definition) is 3. The first-order chi connectivity index (χ1) is 8.61. The number of carboxylic acids is 1. The van der Waals surface area contributed by atoms with E-state index in [0.717, 1.165) is 10.5 Å². The fourth-order valence-electron chi connectivity index (χ4n) is 1.76. The predicted molar refractivity (Wildman–Crippen MR) is 65.3 cm³/mol. The van der Waals surface area contributed by atoms with E-state index >= 15 is 0 Å². The molecule has 0 aromatic heterocycles. The molecule has 2 N–H and O–H groups in total. The molecule has 1 aromatic rings. The minimum absolute atomic E-state index is 0.379. The van der Waals surface area contributed by atoms with Gasteiger partial charge in [-0.05, 0) is 18.1 Å². The number of fused-ring (bicyclic) bond motifs is 1.